The van der Waals surface area contributed by atoms with Crippen molar-refractivity contribution < 1.29 is 8.42 Å². The zero-order chi connectivity index (χ0) is 14.6. The summed E-state index contributed by atoms with van der Waals surface area (Å²) < 4.78 is 28.0. The molecule has 110 valence electrons. The zero-order valence-electron chi connectivity index (χ0n) is 12.1. The molecular weight excluding hydrogens is 272 g/mol. The zero-order valence-corrected chi connectivity index (χ0v) is 12.9. The predicted octanol–water partition coefficient (Wildman–Crippen LogP) is 2.98. The standard InChI is InChI=1S/C15H22N2O2S/c1-13-8-10-15(11-9-13)20(18,19)16-12-17(2)14-6-4-3-5-7-14/h8-12,14H,3-7H2,1-2H3/b16-12+. The van der Waals surface area contributed by atoms with E-state index in [-0.39, 0.29) is 4.90 Å². The first-order valence-corrected chi connectivity index (χ1v) is 8.52. The molecule has 2 rings (SSSR count). The molecule has 1 fully saturated rings. The van der Waals surface area contributed by atoms with Crippen LogP contribution in [0.15, 0.2) is 33.6 Å². The van der Waals surface area contributed by atoms with E-state index in [1.54, 1.807) is 24.3 Å². The van der Waals surface area contributed by atoms with Crippen LogP contribution in [-0.4, -0.2) is 32.7 Å². The average molecular weight is 294 g/mol. The lowest BCUT2D eigenvalue weighted by molar-refractivity contribution is 0.284. The van der Waals surface area contributed by atoms with Crippen molar-refractivity contribution in [1.29, 1.82) is 0 Å². The highest BCUT2D eigenvalue weighted by Gasteiger charge is 2.17. The van der Waals surface area contributed by atoms with E-state index in [2.05, 4.69) is 4.40 Å². The Kier molecular flexibility index (Phi) is 4.81. The Morgan fingerprint density at radius 1 is 1.15 bits per heavy atom. The van der Waals surface area contributed by atoms with E-state index >= 15 is 0 Å². The van der Waals surface area contributed by atoms with Gasteiger partial charge in [-0.3, -0.25) is 0 Å². The summed E-state index contributed by atoms with van der Waals surface area (Å²) in [5.74, 6) is 0. The number of benzene rings is 1. The monoisotopic (exact) mass is 294 g/mol. The first kappa shape index (κ1) is 15.0. The van der Waals surface area contributed by atoms with Crippen LogP contribution in [0.2, 0.25) is 0 Å². The fourth-order valence-corrected chi connectivity index (χ4v) is 3.36. The van der Waals surface area contributed by atoms with Crippen LogP contribution in [0.4, 0.5) is 0 Å². The third kappa shape index (κ3) is 3.82. The quantitative estimate of drug-likeness (QED) is 0.633. The topological polar surface area (TPSA) is 49.7 Å². The summed E-state index contributed by atoms with van der Waals surface area (Å²) >= 11 is 0. The third-order valence-electron chi connectivity index (χ3n) is 3.84. The van der Waals surface area contributed by atoms with Gasteiger partial charge in [0.25, 0.3) is 10.0 Å². The summed E-state index contributed by atoms with van der Waals surface area (Å²) in [6.07, 6.45) is 7.41. The Balaban J connectivity index is 2.06. The maximum Gasteiger partial charge on any atom is 0.283 e. The molecule has 1 aromatic rings. The molecule has 0 amide bonds. The van der Waals surface area contributed by atoms with Crippen LogP contribution < -0.4 is 0 Å². The smallest absolute Gasteiger partial charge is 0.283 e. The van der Waals surface area contributed by atoms with Crippen molar-refractivity contribution in [3.63, 3.8) is 0 Å². The minimum atomic E-state index is -3.58. The van der Waals surface area contributed by atoms with Crippen molar-refractivity contribution in [2.75, 3.05) is 7.05 Å². The van der Waals surface area contributed by atoms with E-state index in [1.165, 1.54) is 25.6 Å². The summed E-state index contributed by atoms with van der Waals surface area (Å²) in [6.45, 7) is 1.93. The highest BCUT2D eigenvalue weighted by Crippen LogP contribution is 2.21. The summed E-state index contributed by atoms with van der Waals surface area (Å²) in [5, 5.41) is 0. The molecule has 0 aliphatic heterocycles. The molecule has 1 saturated carbocycles. The maximum absolute atomic E-state index is 12.1. The molecule has 20 heavy (non-hydrogen) atoms. The van der Waals surface area contributed by atoms with Crippen molar-refractivity contribution in [2.45, 2.75) is 50.0 Å². The van der Waals surface area contributed by atoms with Crippen molar-refractivity contribution in [3.05, 3.63) is 29.8 Å². The summed E-state index contributed by atoms with van der Waals surface area (Å²) in [5.41, 5.74) is 1.03. The number of nitrogens with zero attached hydrogens (tertiary/aromatic N) is 2. The van der Waals surface area contributed by atoms with Gasteiger partial charge in [0.1, 0.15) is 6.34 Å². The highest BCUT2D eigenvalue weighted by molar-refractivity contribution is 7.90. The highest BCUT2D eigenvalue weighted by atomic mass is 32.2. The molecule has 1 aliphatic rings. The number of hydrogen-bond acceptors (Lipinski definition) is 2. The van der Waals surface area contributed by atoms with E-state index < -0.39 is 10.0 Å². The molecule has 0 atom stereocenters. The van der Waals surface area contributed by atoms with Crippen LogP contribution in [0, 0.1) is 6.92 Å². The Morgan fingerprint density at radius 2 is 1.75 bits per heavy atom. The van der Waals surface area contributed by atoms with Crippen LogP contribution in [0.5, 0.6) is 0 Å². The average Bonchev–Trinajstić information content (AvgIpc) is 2.46. The number of aryl methyl sites for hydroxylation is 1. The lowest BCUT2D eigenvalue weighted by Gasteiger charge is -2.29. The van der Waals surface area contributed by atoms with Gasteiger partial charge in [0.05, 0.1) is 4.90 Å². The minimum Gasteiger partial charge on any atom is -0.362 e. The normalized spacial score (nSPS) is 17.5. The molecule has 0 bridgehead atoms. The molecule has 0 unspecified atom stereocenters. The molecule has 0 N–H and O–H groups in total. The van der Waals surface area contributed by atoms with Gasteiger partial charge in [0.15, 0.2) is 0 Å². The SMILES string of the molecule is Cc1ccc(S(=O)(=O)/N=C/N(C)C2CCCCC2)cc1. The molecule has 0 radical (unpaired) electrons. The van der Waals surface area contributed by atoms with Crippen LogP contribution in [0.3, 0.4) is 0 Å². The van der Waals surface area contributed by atoms with Gasteiger partial charge in [-0.25, -0.2) is 0 Å². The Hall–Kier alpha value is -1.36. The Labute approximate surface area is 121 Å². The first-order valence-electron chi connectivity index (χ1n) is 7.08. The summed E-state index contributed by atoms with van der Waals surface area (Å²) in [4.78, 5) is 2.18. The van der Waals surface area contributed by atoms with Gasteiger partial charge >= 0.3 is 0 Å². The summed E-state index contributed by atoms with van der Waals surface area (Å²) in [7, 11) is -1.68. The Morgan fingerprint density at radius 3 is 2.35 bits per heavy atom. The molecular formula is C15H22N2O2S. The second-order valence-corrected chi connectivity index (χ2v) is 7.10. The number of hydrogen-bond donors (Lipinski definition) is 0. The predicted molar refractivity (Wildman–Crippen MR) is 81.5 cm³/mol. The fraction of sp³-hybridized carbons (Fsp3) is 0.533. The van der Waals surface area contributed by atoms with Gasteiger partial charge in [-0.05, 0) is 31.9 Å². The lowest BCUT2D eigenvalue weighted by Crippen LogP contribution is -2.32. The number of rotatable bonds is 4. The third-order valence-corrected chi connectivity index (χ3v) is 5.08. The van der Waals surface area contributed by atoms with Gasteiger partial charge < -0.3 is 4.90 Å². The van der Waals surface area contributed by atoms with Crippen LogP contribution >= 0.6 is 0 Å². The molecule has 0 saturated heterocycles. The molecule has 4 nitrogen and oxygen atoms in total. The Bertz CT molecular complexity index is 558. The van der Waals surface area contributed by atoms with Gasteiger partial charge in [-0.2, -0.15) is 8.42 Å². The van der Waals surface area contributed by atoms with Crippen molar-refractivity contribution in [2.24, 2.45) is 4.40 Å². The van der Waals surface area contributed by atoms with Crippen LogP contribution in [0.25, 0.3) is 0 Å². The second-order valence-electron chi connectivity index (χ2n) is 5.47. The lowest BCUT2D eigenvalue weighted by atomic mass is 9.95. The second kappa shape index (κ2) is 6.39. The van der Waals surface area contributed by atoms with Crippen LogP contribution in [0.1, 0.15) is 37.7 Å². The van der Waals surface area contributed by atoms with Crippen molar-refractivity contribution >= 4 is 16.4 Å². The minimum absolute atomic E-state index is 0.247. The molecule has 5 heteroatoms. The van der Waals surface area contributed by atoms with Crippen molar-refractivity contribution in [1.82, 2.24) is 4.90 Å². The van der Waals surface area contributed by atoms with Crippen LogP contribution in [-0.2, 0) is 10.0 Å². The molecule has 0 aromatic heterocycles. The molecule has 0 heterocycles. The largest absolute Gasteiger partial charge is 0.362 e. The molecule has 0 spiro atoms. The summed E-state index contributed by atoms with van der Waals surface area (Å²) in [6, 6.07) is 7.19. The van der Waals surface area contributed by atoms with Gasteiger partial charge in [0.2, 0.25) is 0 Å². The van der Waals surface area contributed by atoms with E-state index in [4.69, 9.17) is 0 Å². The van der Waals surface area contributed by atoms with E-state index in [9.17, 15) is 8.42 Å². The van der Waals surface area contributed by atoms with E-state index in [0.717, 1.165) is 18.4 Å². The maximum atomic E-state index is 12.1. The van der Waals surface area contributed by atoms with Gasteiger partial charge in [-0.1, -0.05) is 37.0 Å². The van der Waals surface area contributed by atoms with Gasteiger partial charge in [-0.15, -0.1) is 4.40 Å². The fourth-order valence-electron chi connectivity index (χ4n) is 2.49. The molecule has 1 aromatic carbocycles. The van der Waals surface area contributed by atoms with Gasteiger partial charge in [0, 0.05) is 13.1 Å². The molecule has 1 aliphatic carbocycles. The van der Waals surface area contributed by atoms with Crippen molar-refractivity contribution in [3.8, 4) is 0 Å². The van der Waals surface area contributed by atoms with E-state index in [1.807, 2.05) is 18.9 Å². The first-order chi connectivity index (χ1) is 9.49. The van der Waals surface area contributed by atoms with E-state index in [0.29, 0.717) is 6.04 Å². The number of sulfonamides is 1.